The van der Waals surface area contributed by atoms with Gasteiger partial charge in [-0.25, -0.2) is 0 Å². The van der Waals surface area contributed by atoms with Crippen molar-refractivity contribution in [3.63, 3.8) is 0 Å². The number of rotatable bonds is 0. The SMILES string of the molecule is Br.CC1CCCN(C)C1(C)C.N=O.OCl.[NaH].[NaH]. The molecule has 1 heterocycles. The van der Waals surface area contributed by atoms with Gasteiger partial charge in [-0.3, -0.25) is 4.66 Å². The fourth-order valence-electron chi connectivity index (χ4n) is 1.65. The first-order valence-corrected chi connectivity index (χ1v) is 4.97. The van der Waals surface area contributed by atoms with Gasteiger partial charge in [-0.05, 0) is 46.2 Å². The predicted molar refractivity (Wildman–Crippen MR) is 83.9 cm³/mol. The molecule has 1 aliphatic heterocycles. The van der Waals surface area contributed by atoms with Crippen LogP contribution in [-0.4, -0.2) is 87.8 Å². The number of likely N-dealkylation sites (tertiary alicyclic amines) is 1. The average molecular weight is 354 g/mol. The van der Waals surface area contributed by atoms with Crippen LogP contribution in [0.25, 0.3) is 0 Å². The Morgan fingerprint density at radius 2 is 1.65 bits per heavy atom. The van der Waals surface area contributed by atoms with Crippen molar-refractivity contribution in [2.24, 2.45) is 5.92 Å². The summed E-state index contributed by atoms with van der Waals surface area (Å²) in [5.41, 5.74) is 4.93. The molecule has 0 bridgehead atoms. The van der Waals surface area contributed by atoms with E-state index in [2.05, 4.69) is 50.2 Å². The summed E-state index contributed by atoms with van der Waals surface area (Å²) in [5.74, 6) is 0.853. The Bertz CT molecular complexity index is 147. The molecule has 0 aromatic heterocycles. The number of nitrogens with zero attached hydrogens (tertiary/aromatic N) is 1. The molecule has 1 rings (SSSR count). The number of halogens is 2. The number of hydrogen-bond acceptors (Lipinski definition) is 4. The summed E-state index contributed by atoms with van der Waals surface area (Å²) in [5, 5.41) is 0. The molecule has 1 unspecified atom stereocenters. The van der Waals surface area contributed by atoms with Crippen LogP contribution >= 0.6 is 28.8 Å². The average Bonchev–Trinajstić information content (AvgIpc) is 2.21. The van der Waals surface area contributed by atoms with Crippen LogP contribution in [0.5, 0.6) is 0 Å². The Hall–Kier alpha value is 2.29. The Morgan fingerprint density at radius 3 is 1.88 bits per heavy atom. The second kappa shape index (κ2) is 18.3. The molecule has 2 N–H and O–H groups in total. The molecule has 1 saturated heterocycles. The normalized spacial score (nSPS) is 20.7. The molecule has 1 fully saturated rings. The van der Waals surface area contributed by atoms with Crippen LogP contribution in [0.4, 0.5) is 0 Å². The molecule has 1 aliphatic rings. The van der Waals surface area contributed by atoms with Gasteiger partial charge in [0.2, 0.25) is 0 Å². The van der Waals surface area contributed by atoms with Gasteiger partial charge in [0, 0.05) is 5.54 Å². The molecule has 0 aromatic carbocycles. The summed E-state index contributed by atoms with van der Waals surface area (Å²) in [6.07, 6.45) is 2.78. The molecule has 8 heteroatoms. The zero-order valence-corrected chi connectivity index (χ0v) is 12.3. The third-order valence-electron chi connectivity index (χ3n) is 3.32. The van der Waals surface area contributed by atoms with E-state index in [0.29, 0.717) is 5.54 Å². The van der Waals surface area contributed by atoms with E-state index in [1.54, 1.807) is 0 Å². The fourth-order valence-corrected chi connectivity index (χ4v) is 1.65. The quantitative estimate of drug-likeness (QED) is 0.516. The van der Waals surface area contributed by atoms with Crippen LogP contribution in [0.15, 0.2) is 0 Å². The molecule has 0 radical (unpaired) electrons. The molecule has 17 heavy (non-hydrogen) atoms. The van der Waals surface area contributed by atoms with Crippen LogP contribution < -0.4 is 0 Å². The molecule has 0 spiro atoms. The van der Waals surface area contributed by atoms with E-state index in [9.17, 15) is 0 Å². The third-order valence-corrected chi connectivity index (χ3v) is 3.32. The zero-order chi connectivity index (χ0) is 11.8. The summed E-state index contributed by atoms with van der Waals surface area (Å²) >= 11 is 3.64. The zero-order valence-electron chi connectivity index (χ0n) is 9.79. The van der Waals surface area contributed by atoms with Gasteiger partial charge in [-0.1, -0.05) is 12.5 Å². The van der Waals surface area contributed by atoms with E-state index in [-0.39, 0.29) is 76.1 Å². The van der Waals surface area contributed by atoms with E-state index in [1.807, 2.05) is 0 Å². The van der Waals surface area contributed by atoms with Crippen molar-refractivity contribution in [1.82, 2.24) is 4.90 Å². The summed E-state index contributed by atoms with van der Waals surface area (Å²) in [6, 6.07) is 0. The molecular weight excluding hydrogens is 329 g/mol. The Kier molecular flexibility index (Phi) is 34.0. The first-order valence-electron chi connectivity index (χ1n) is 4.63. The molecular formula is C9H24BrClN2Na2O2. The summed E-state index contributed by atoms with van der Waals surface area (Å²) in [4.78, 5) is 9.97. The number of hydrogen-bond donors (Lipinski definition) is 2. The number of nitrogens with one attached hydrogen (secondary N) is 1. The minimum absolute atomic E-state index is 0. The molecule has 0 amide bonds. The van der Waals surface area contributed by atoms with Gasteiger partial charge in [0.15, 0.2) is 0 Å². The van der Waals surface area contributed by atoms with E-state index >= 15 is 0 Å². The maximum absolute atomic E-state index is 7.50. The van der Waals surface area contributed by atoms with Crippen LogP contribution in [0.1, 0.15) is 33.6 Å². The van der Waals surface area contributed by atoms with Crippen molar-refractivity contribution in [1.29, 1.82) is 5.59 Å². The number of piperidine rings is 1. The van der Waals surface area contributed by atoms with Gasteiger partial charge in [-0.15, -0.1) is 17.0 Å². The Morgan fingerprint density at radius 1 is 1.29 bits per heavy atom. The molecule has 0 saturated carbocycles. The monoisotopic (exact) mass is 352 g/mol. The van der Waals surface area contributed by atoms with E-state index < -0.39 is 0 Å². The molecule has 0 aliphatic carbocycles. The van der Waals surface area contributed by atoms with Gasteiger partial charge < -0.3 is 4.90 Å². The van der Waals surface area contributed by atoms with Crippen molar-refractivity contribution in [3.8, 4) is 0 Å². The topological polar surface area (TPSA) is 64.4 Å². The predicted octanol–water partition coefficient (Wildman–Crippen LogP) is 1.87. The maximum atomic E-state index is 7.50. The van der Waals surface area contributed by atoms with Gasteiger partial charge in [-0.2, -0.15) is 4.91 Å². The Balaban J connectivity index is -0.0000000625. The van der Waals surface area contributed by atoms with E-state index in [4.69, 9.17) is 9.57 Å². The molecule has 1 atom stereocenters. The van der Waals surface area contributed by atoms with Crippen LogP contribution in [0.3, 0.4) is 0 Å². The van der Waals surface area contributed by atoms with Crippen molar-refractivity contribution < 1.29 is 4.66 Å². The van der Waals surface area contributed by atoms with E-state index in [1.165, 1.54) is 19.4 Å². The van der Waals surface area contributed by atoms with Crippen molar-refractivity contribution >= 4 is 88.0 Å². The summed E-state index contributed by atoms with van der Waals surface area (Å²) in [6.45, 7) is 8.32. The molecule has 0 aromatic rings. The second-order valence-electron chi connectivity index (χ2n) is 4.12. The first kappa shape index (κ1) is 31.6. The third kappa shape index (κ3) is 11.8. The minimum atomic E-state index is 0. The number of nitroso groups, excluding NO2 is 1. The molecule has 4 nitrogen and oxygen atoms in total. The van der Waals surface area contributed by atoms with E-state index in [0.717, 1.165) is 5.92 Å². The van der Waals surface area contributed by atoms with Gasteiger partial charge in [0.25, 0.3) is 0 Å². The standard InChI is InChI=1S/C9H19N.BrH.ClHO.HNO.2Na.2H/c1-8-6-5-7-10(4)9(8,2)3;;2*1-2;;;;/h8H,5-7H2,1-4H3;1H;2H;1H;;;;. The molecule has 98 valence electrons. The second-order valence-corrected chi connectivity index (χ2v) is 4.12. The van der Waals surface area contributed by atoms with Gasteiger partial charge in [0.05, 0.1) is 11.9 Å². The summed E-state index contributed by atoms with van der Waals surface area (Å²) < 4.78 is 6.47. The van der Waals surface area contributed by atoms with Crippen molar-refractivity contribution in [3.05, 3.63) is 4.91 Å². The first-order chi connectivity index (χ1) is 6.55. The van der Waals surface area contributed by atoms with Crippen LogP contribution in [0, 0.1) is 16.4 Å². The van der Waals surface area contributed by atoms with Crippen molar-refractivity contribution in [2.45, 2.75) is 39.2 Å². The summed E-state index contributed by atoms with van der Waals surface area (Å²) in [7, 11) is 2.23. The Labute approximate surface area is 165 Å². The van der Waals surface area contributed by atoms with Gasteiger partial charge in [0.1, 0.15) is 0 Å². The fraction of sp³-hybridized carbons (Fsp3) is 1.00. The van der Waals surface area contributed by atoms with Crippen molar-refractivity contribution in [2.75, 3.05) is 13.6 Å². The van der Waals surface area contributed by atoms with Crippen LogP contribution in [-0.2, 0) is 0 Å². The van der Waals surface area contributed by atoms with Crippen LogP contribution in [0.2, 0.25) is 0 Å². The van der Waals surface area contributed by atoms with Gasteiger partial charge >= 0.3 is 59.1 Å².